The van der Waals surface area contributed by atoms with Gasteiger partial charge in [0, 0.05) is 31.8 Å². The number of hydrogen-bond donors (Lipinski definition) is 0. The first-order valence-electron chi connectivity index (χ1n) is 9.85. The first-order chi connectivity index (χ1) is 14.5. The first-order valence-corrected chi connectivity index (χ1v) is 10.7. The molecule has 2 aliphatic rings. The molecule has 158 valence electrons. The summed E-state index contributed by atoms with van der Waals surface area (Å²) in [6.07, 6.45) is 0.492. The van der Waals surface area contributed by atoms with E-state index in [2.05, 4.69) is 20.0 Å². The standard InChI is InChI=1S/C20H19F3N4O2S/c21-20(22,23)14-3-1-2-4-15(14)28-13-7-9-27(10-8-13)19-24-11-16(30-19)18-25-17(26-29-18)12-5-6-12/h1-4,11-13H,5-10H2. The fraction of sp³-hybridized carbons (Fsp3) is 0.450. The number of ether oxygens (including phenoxy) is 1. The highest BCUT2D eigenvalue weighted by Crippen LogP contribution is 2.40. The third kappa shape index (κ3) is 4.00. The third-order valence-corrected chi connectivity index (χ3v) is 6.33. The maximum Gasteiger partial charge on any atom is 0.419 e. The minimum atomic E-state index is -4.43. The van der Waals surface area contributed by atoms with Crippen molar-refractivity contribution in [2.24, 2.45) is 0 Å². The Morgan fingerprint density at radius 1 is 1.10 bits per heavy atom. The van der Waals surface area contributed by atoms with Gasteiger partial charge in [-0.3, -0.25) is 0 Å². The van der Waals surface area contributed by atoms with E-state index in [1.807, 2.05) is 0 Å². The molecule has 1 saturated carbocycles. The Morgan fingerprint density at radius 3 is 2.60 bits per heavy atom. The van der Waals surface area contributed by atoms with Gasteiger partial charge in [0.1, 0.15) is 16.7 Å². The van der Waals surface area contributed by atoms with Crippen LogP contribution in [0, 0.1) is 0 Å². The number of alkyl halides is 3. The zero-order chi connectivity index (χ0) is 20.7. The third-order valence-electron chi connectivity index (χ3n) is 5.29. The van der Waals surface area contributed by atoms with Crippen molar-refractivity contribution in [2.45, 2.75) is 43.9 Å². The van der Waals surface area contributed by atoms with Gasteiger partial charge >= 0.3 is 6.18 Å². The van der Waals surface area contributed by atoms with Crippen LogP contribution in [0.5, 0.6) is 5.75 Å². The van der Waals surface area contributed by atoms with E-state index in [4.69, 9.17) is 9.26 Å². The number of nitrogens with zero attached hydrogens (tertiary/aromatic N) is 4. The average molecular weight is 436 g/mol. The lowest BCUT2D eigenvalue weighted by Gasteiger charge is -2.32. The van der Waals surface area contributed by atoms with Crippen LogP contribution in [0.3, 0.4) is 0 Å². The van der Waals surface area contributed by atoms with E-state index < -0.39 is 11.7 Å². The van der Waals surface area contributed by atoms with Crippen LogP contribution in [0.2, 0.25) is 0 Å². The molecule has 3 heterocycles. The number of benzene rings is 1. The Balaban J connectivity index is 1.21. The summed E-state index contributed by atoms with van der Waals surface area (Å²) < 4.78 is 50.6. The molecule has 6 nitrogen and oxygen atoms in total. The van der Waals surface area contributed by atoms with Crippen LogP contribution in [0.4, 0.5) is 18.3 Å². The van der Waals surface area contributed by atoms with Crippen molar-refractivity contribution >= 4 is 16.5 Å². The van der Waals surface area contributed by atoms with Gasteiger partial charge in [-0.25, -0.2) is 4.98 Å². The lowest BCUT2D eigenvalue weighted by Crippen LogP contribution is -2.38. The number of anilines is 1. The molecule has 10 heteroatoms. The van der Waals surface area contributed by atoms with Crippen molar-refractivity contribution in [1.29, 1.82) is 0 Å². The molecule has 3 aromatic rings. The molecule has 1 saturated heterocycles. The highest BCUT2D eigenvalue weighted by Gasteiger charge is 2.35. The summed E-state index contributed by atoms with van der Waals surface area (Å²) in [5.41, 5.74) is -0.734. The Labute approximate surface area is 174 Å². The summed E-state index contributed by atoms with van der Waals surface area (Å²) in [4.78, 5) is 11.9. The molecule has 1 aromatic carbocycles. The quantitative estimate of drug-likeness (QED) is 0.552. The topological polar surface area (TPSA) is 64.3 Å². The number of piperidine rings is 1. The lowest BCUT2D eigenvalue weighted by molar-refractivity contribution is -0.139. The van der Waals surface area contributed by atoms with E-state index in [1.54, 1.807) is 12.3 Å². The lowest BCUT2D eigenvalue weighted by atomic mass is 10.1. The molecular weight excluding hydrogens is 417 g/mol. The summed E-state index contributed by atoms with van der Waals surface area (Å²) in [6, 6.07) is 5.36. The van der Waals surface area contributed by atoms with E-state index >= 15 is 0 Å². The summed E-state index contributed by atoms with van der Waals surface area (Å²) in [7, 11) is 0. The van der Waals surface area contributed by atoms with Crippen LogP contribution in [-0.2, 0) is 6.18 Å². The van der Waals surface area contributed by atoms with Crippen LogP contribution in [0.1, 0.15) is 43.0 Å². The molecule has 30 heavy (non-hydrogen) atoms. The SMILES string of the molecule is FC(F)(F)c1ccccc1OC1CCN(c2ncc(-c3nc(C4CC4)no3)s2)CC1. The second kappa shape index (κ2) is 7.57. The number of rotatable bonds is 5. The van der Waals surface area contributed by atoms with E-state index in [0.717, 1.165) is 34.7 Å². The van der Waals surface area contributed by atoms with Crippen LogP contribution in [0.25, 0.3) is 10.8 Å². The fourth-order valence-corrected chi connectivity index (χ4v) is 4.39. The van der Waals surface area contributed by atoms with Gasteiger partial charge in [-0.2, -0.15) is 18.2 Å². The largest absolute Gasteiger partial charge is 0.490 e. The Hall–Kier alpha value is -2.62. The van der Waals surface area contributed by atoms with Gasteiger partial charge < -0.3 is 14.2 Å². The fourth-order valence-electron chi connectivity index (χ4n) is 3.50. The number of halogens is 3. The average Bonchev–Trinajstić information content (AvgIpc) is 3.25. The molecule has 0 spiro atoms. The minimum absolute atomic E-state index is 0.108. The van der Waals surface area contributed by atoms with Crippen LogP contribution < -0.4 is 9.64 Å². The number of para-hydroxylation sites is 1. The van der Waals surface area contributed by atoms with Gasteiger partial charge in [0.15, 0.2) is 11.0 Å². The molecule has 2 aromatic heterocycles. The molecule has 2 fully saturated rings. The molecule has 1 aliphatic heterocycles. The summed E-state index contributed by atoms with van der Waals surface area (Å²) in [5.74, 6) is 1.57. The van der Waals surface area contributed by atoms with Gasteiger partial charge in [0.05, 0.1) is 11.8 Å². The zero-order valence-corrected chi connectivity index (χ0v) is 16.7. The molecule has 0 radical (unpaired) electrons. The van der Waals surface area contributed by atoms with Gasteiger partial charge in [-0.05, 0) is 25.0 Å². The molecule has 0 N–H and O–H groups in total. The van der Waals surface area contributed by atoms with Crippen molar-refractivity contribution in [3.05, 3.63) is 41.9 Å². The van der Waals surface area contributed by atoms with E-state index in [-0.39, 0.29) is 11.9 Å². The van der Waals surface area contributed by atoms with Crippen molar-refractivity contribution in [2.75, 3.05) is 18.0 Å². The van der Waals surface area contributed by atoms with Crippen molar-refractivity contribution in [3.63, 3.8) is 0 Å². The molecule has 0 bridgehead atoms. The van der Waals surface area contributed by atoms with E-state index in [0.29, 0.717) is 37.7 Å². The predicted octanol–water partition coefficient (Wildman–Crippen LogP) is 5.14. The highest BCUT2D eigenvalue weighted by atomic mass is 32.1. The smallest absolute Gasteiger partial charge is 0.419 e. The second-order valence-corrected chi connectivity index (χ2v) is 8.55. The van der Waals surface area contributed by atoms with Crippen molar-refractivity contribution in [1.82, 2.24) is 15.1 Å². The molecule has 0 atom stereocenters. The number of thiazole rings is 1. The Morgan fingerprint density at radius 2 is 1.87 bits per heavy atom. The Bertz CT molecular complexity index is 1020. The number of aromatic nitrogens is 3. The highest BCUT2D eigenvalue weighted by molar-refractivity contribution is 7.18. The van der Waals surface area contributed by atoms with E-state index in [9.17, 15) is 13.2 Å². The summed E-state index contributed by atoms with van der Waals surface area (Å²) >= 11 is 1.48. The second-order valence-electron chi connectivity index (χ2n) is 7.54. The molecular formula is C20H19F3N4O2S. The molecule has 0 unspecified atom stereocenters. The Kier molecular flexibility index (Phi) is 4.88. The summed E-state index contributed by atoms with van der Waals surface area (Å²) in [6.45, 7) is 1.31. The molecule has 0 amide bonds. The van der Waals surface area contributed by atoms with Crippen LogP contribution in [-0.4, -0.2) is 34.3 Å². The van der Waals surface area contributed by atoms with Crippen LogP contribution >= 0.6 is 11.3 Å². The normalized spacial score (nSPS) is 18.0. The monoisotopic (exact) mass is 436 g/mol. The maximum atomic E-state index is 13.2. The van der Waals surface area contributed by atoms with Crippen molar-refractivity contribution in [3.8, 4) is 16.5 Å². The van der Waals surface area contributed by atoms with Crippen LogP contribution in [0.15, 0.2) is 35.0 Å². The van der Waals surface area contributed by atoms with Gasteiger partial charge in [0.2, 0.25) is 0 Å². The molecule has 1 aliphatic carbocycles. The molecule has 5 rings (SSSR count). The van der Waals surface area contributed by atoms with Gasteiger partial charge in [-0.15, -0.1) is 0 Å². The first kappa shape index (κ1) is 19.3. The van der Waals surface area contributed by atoms with Crippen molar-refractivity contribution < 1.29 is 22.4 Å². The minimum Gasteiger partial charge on any atom is -0.490 e. The van der Waals surface area contributed by atoms with Gasteiger partial charge in [-0.1, -0.05) is 28.6 Å². The van der Waals surface area contributed by atoms with Gasteiger partial charge in [0.25, 0.3) is 5.89 Å². The number of hydrogen-bond acceptors (Lipinski definition) is 7. The predicted molar refractivity (Wildman–Crippen MR) is 105 cm³/mol. The summed E-state index contributed by atoms with van der Waals surface area (Å²) in [5, 5.41) is 4.87. The zero-order valence-electron chi connectivity index (χ0n) is 15.9. The maximum absolute atomic E-state index is 13.2. The van der Waals surface area contributed by atoms with E-state index in [1.165, 1.54) is 23.5 Å².